The Morgan fingerprint density at radius 1 is 1.44 bits per heavy atom. The van der Waals surface area contributed by atoms with Gasteiger partial charge in [-0.05, 0) is 24.7 Å². The molecule has 16 heavy (non-hydrogen) atoms. The van der Waals surface area contributed by atoms with E-state index in [-0.39, 0.29) is 0 Å². The minimum atomic E-state index is 0.534. The Morgan fingerprint density at radius 3 is 3.12 bits per heavy atom. The molecule has 1 N–H and O–H groups in total. The number of nitrogens with zero attached hydrogens (tertiary/aromatic N) is 1. The Kier molecular flexibility index (Phi) is 3.91. The largest absolute Gasteiger partial charge is 0.487 e. The van der Waals surface area contributed by atoms with E-state index in [9.17, 15) is 0 Å². The molecule has 3 nitrogen and oxygen atoms in total. The number of hydrogen-bond donors (Lipinski definition) is 1. The minimum absolute atomic E-state index is 0.534. The van der Waals surface area contributed by atoms with E-state index in [1.165, 1.54) is 5.56 Å². The maximum absolute atomic E-state index is 5.65. The summed E-state index contributed by atoms with van der Waals surface area (Å²) < 4.78 is 5.65. The molecule has 1 aromatic carbocycles. The number of thiazole rings is 1. The van der Waals surface area contributed by atoms with Crippen LogP contribution in [-0.2, 0) is 13.2 Å². The first-order chi connectivity index (χ1) is 7.88. The van der Waals surface area contributed by atoms with Gasteiger partial charge >= 0.3 is 0 Å². The van der Waals surface area contributed by atoms with Crippen molar-refractivity contribution in [2.24, 2.45) is 0 Å². The van der Waals surface area contributed by atoms with Crippen LogP contribution in [0.15, 0.2) is 35.2 Å². The molecule has 0 bridgehead atoms. The van der Waals surface area contributed by atoms with Crippen molar-refractivity contribution in [1.82, 2.24) is 10.3 Å². The van der Waals surface area contributed by atoms with Crippen molar-refractivity contribution in [3.05, 3.63) is 46.4 Å². The molecule has 0 fully saturated rings. The predicted molar refractivity (Wildman–Crippen MR) is 65.7 cm³/mol. The zero-order chi connectivity index (χ0) is 11.2. The summed E-state index contributed by atoms with van der Waals surface area (Å²) in [5.41, 5.74) is 4.01. The molecule has 0 aliphatic rings. The quantitative estimate of drug-likeness (QED) is 0.862. The van der Waals surface area contributed by atoms with Gasteiger partial charge in [-0.15, -0.1) is 11.3 Å². The van der Waals surface area contributed by atoms with E-state index in [2.05, 4.69) is 16.4 Å². The summed E-state index contributed by atoms with van der Waals surface area (Å²) in [5.74, 6) is 0.890. The molecular weight excluding hydrogens is 220 g/mol. The average Bonchev–Trinajstić information content (AvgIpc) is 2.80. The van der Waals surface area contributed by atoms with Gasteiger partial charge in [-0.2, -0.15) is 0 Å². The molecule has 2 aromatic rings. The second-order valence-corrected chi connectivity index (χ2v) is 4.16. The zero-order valence-electron chi connectivity index (χ0n) is 9.14. The van der Waals surface area contributed by atoms with Crippen LogP contribution in [0.5, 0.6) is 5.75 Å². The van der Waals surface area contributed by atoms with Crippen LogP contribution in [0, 0.1) is 0 Å². The molecule has 0 unspecified atom stereocenters. The Bertz CT molecular complexity index is 428. The van der Waals surface area contributed by atoms with Crippen LogP contribution in [-0.4, -0.2) is 12.0 Å². The fraction of sp³-hybridized carbons (Fsp3) is 0.250. The molecule has 0 radical (unpaired) electrons. The number of hydrogen-bond acceptors (Lipinski definition) is 4. The first-order valence-electron chi connectivity index (χ1n) is 5.12. The normalized spacial score (nSPS) is 10.3. The Hall–Kier alpha value is -1.39. The lowest BCUT2D eigenvalue weighted by Crippen LogP contribution is -2.05. The van der Waals surface area contributed by atoms with Crippen molar-refractivity contribution in [3.63, 3.8) is 0 Å². The van der Waals surface area contributed by atoms with Gasteiger partial charge in [0.25, 0.3) is 0 Å². The smallest absolute Gasteiger partial charge is 0.131 e. The van der Waals surface area contributed by atoms with Crippen LogP contribution in [0.2, 0.25) is 0 Å². The highest BCUT2D eigenvalue weighted by Crippen LogP contribution is 2.15. The fourth-order valence-electron chi connectivity index (χ4n) is 1.42. The summed E-state index contributed by atoms with van der Waals surface area (Å²) in [5, 5.41) is 5.11. The molecule has 0 amide bonds. The predicted octanol–water partition coefficient (Wildman–Crippen LogP) is 2.44. The van der Waals surface area contributed by atoms with Crippen LogP contribution in [0.3, 0.4) is 0 Å². The second kappa shape index (κ2) is 5.63. The monoisotopic (exact) mass is 234 g/mol. The summed E-state index contributed by atoms with van der Waals surface area (Å²) in [6.45, 7) is 1.39. The SMILES string of the molecule is CNCc1cccc(OCc2cscn2)c1. The van der Waals surface area contributed by atoms with Crippen LogP contribution in [0.4, 0.5) is 0 Å². The van der Waals surface area contributed by atoms with Gasteiger partial charge in [0, 0.05) is 11.9 Å². The molecule has 84 valence electrons. The number of ether oxygens (including phenoxy) is 1. The maximum Gasteiger partial charge on any atom is 0.131 e. The lowest BCUT2D eigenvalue weighted by atomic mass is 10.2. The lowest BCUT2D eigenvalue weighted by Gasteiger charge is -2.06. The third kappa shape index (κ3) is 3.05. The van der Waals surface area contributed by atoms with E-state index >= 15 is 0 Å². The number of benzene rings is 1. The molecule has 0 saturated carbocycles. The highest BCUT2D eigenvalue weighted by atomic mass is 32.1. The van der Waals surface area contributed by atoms with Crippen LogP contribution in [0.25, 0.3) is 0 Å². The number of aromatic nitrogens is 1. The van der Waals surface area contributed by atoms with Gasteiger partial charge in [0.1, 0.15) is 12.4 Å². The Morgan fingerprint density at radius 2 is 2.38 bits per heavy atom. The topological polar surface area (TPSA) is 34.1 Å². The highest BCUT2D eigenvalue weighted by molar-refractivity contribution is 7.07. The lowest BCUT2D eigenvalue weighted by molar-refractivity contribution is 0.302. The highest BCUT2D eigenvalue weighted by Gasteiger charge is 1.98. The summed E-state index contributed by atoms with van der Waals surface area (Å²) in [7, 11) is 1.93. The van der Waals surface area contributed by atoms with Gasteiger partial charge < -0.3 is 10.1 Å². The van der Waals surface area contributed by atoms with E-state index in [0.29, 0.717) is 6.61 Å². The minimum Gasteiger partial charge on any atom is -0.487 e. The van der Waals surface area contributed by atoms with Crippen molar-refractivity contribution in [3.8, 4) is 5.75 Å². The molecule has 4 heteroatoms. The Balaban J connectivity index is 1.96. The first-order valence-corrected chi connectivity index (χ1v) is 6.06. The van der Waals surface area contributed by atoms with Gasteiger partial charge in [0.2, 0.25) is 0 Å². The van der Waals surface area contributed by atoms with Crippen molar-refractivity contribution in [2.45, 2.75) is 13.2 Å². The van der Waals surface area contributed by atoms with Gasteiger partial charge in [-0.25, -0.2) is 4.98 Å². The summed E-state index contributed by atoms with van der Waals surface area (Å²) in [4.78, 5) is 4.17. The van der Waals surface area contributed by atoms with Crippen molar-refractivity contribution in [2.75, 3.05) is 7.05 Å². The molecule has 0 aliphatic heterocycles. The molecule has 0 aliphatic carbocycles. The van der Waals surface area contributed by atoms with Crippen LogP contribution < -0.4 is 10.1 Å². The molecule has 0 spiro atoms. The average molecular weight is 234 g/mol. The van der Waals surface area contributed by atoms with Gasteiger partial charge in [0.05, 0.1) is 11.2 Å². The standard InChI is InChI=1S/C12H14N2OS/c1-13-6-10-3-2-4-12(5-10)15-7-11-8-16-9-14-11/h2-5,8-9,13H,6-7H2,1H3. The summed E-state index contributed by atoms with van der Waals surface area (Å²) in [6, 6.07) is 8.09. The van der Waals surface area contributed by atoms with E-state index < -0.39 is 0 Å². The molecule has 0 atom stereocenters. The van der Waals surface area contributed by atoms with E-state index in [1.54, 1.807) is 11.3 Å². The second-order valence-electron chi connectivity index (χ2n) is 3.45. The number of rotatable bonds is 5. The zero-order valence-corrected chi connectivity index (χ0v) is 9.96. The molecule has 0 saturated heterocycles. The maximum atomic E-state index is 5.65. The van der Waals surface area contributed by atoms with E-state index in [0.717, 1.165) is 18.0 Å². The van der Waals surface area contributed by atoms with Crippen molar-refractivity contribution in [1.29, 1.82) is 0 Å². The summed E-state index contributed by atoms with van der Waals surface area (Å²) in [6.07, 6.45) is 0. The molecular formula is C12H14N2OS. The third-order valence-electron chi connectivity index (χ3n) is 2.15. The summed E-state index contributed by atoms with van der Waals surface area (Å²) >= 11 is 1.58. The van der Waals surface area contributed by atoms with Crippen LogP contribution in [0.1, 0.15) is 11.3 Å². The van der Waals surface area contributed by atoms with Crippen LogP contribution >= 0.6 is 11.3 Å². The molecule has 1 heterocycles. The van der Waals surface area contributed by atoms with E-state index in [4.69, 9.17) is 4.74 Å². The van der Waals surface area contributed by atoms with Gasteiger partial charge in [0.15, 0.2) is 0 Å². The third-order valence-corrected chi connectivity index (χ3v) is 2.78. The first kappa shape index (κ1) is 11.1. The van der Waals surface area contributed by atoms with Crippen molar-refractivity contribution >= 4 is 11.3 Å². The molecule has 2 rings (SSSR count). The Labute approximate surface area is 99.1 Å². The molecule has 1 aromatic heterocycles. The van der Waals surface area contributed by atoms with Crippen molar-refractivity contribution < 1.29 is 4.74 Å². The van der Waals surface area contributed by atoms with E-state index in [1.807, 2.05) is 36.1 Å². The number of nitrogens with one attached hydrogen (secondary N) is 1. The van der Waals surface area contributed by atoms with Gasteiger partial charge in [-0.3, -0.25) is 0 Å². The van der Waals surface area contributed by atoms with Gasteiger partial charge in [-0.1, -0.05) is 12.1 Å². The fourth-order valence-corrected chi connectivity index (χ4v) is 1.96.